The van der Waals surface area contributed by atoms with E-state index in [1.54, 1.807) is 24.7 Å². The van der Waals surface area contributed by atoms with Crippen molar-refractivity contribution in [1.82, 2.24) is 19.1 Å². The first-order valence-electron chi connectivity index (χ1n) is 9.14. The topological polar surface area (TPSA) is 102 Å². The molecule has 0 fully saturated rings. The Morgan fingerprint density at radius 3 is 2.86 bits per heavy atom. The van der Waals surface area contributed by atoms with E-state index < -0.39 is 17.3 Å². The van der Waals surface area contributed by atoms with Crippen LogP contribution in [0.15, 0.2) is 33.9 Å². The predicted molar refractivity (Wildman–Crippen MR) is 112 cm³/mol. The number of aromatic nitrogens is 4. The molecule has 1 aromatic carbocycles. The lowest BCUT2D eigenvalue weighted by atomic mass is 10.2. The third-order valence-electron chi connectivity index (χ3n) is 4.54. The fourth-order valence-electron chi connectivity index (χ4n) is 3.09. The average molecular weight is 394 g/mol. The third-order valence-corrected chi connectivity index (χ3v) is 4.54. The Balaban J connectivity index is 2.21. The summed E-state index contributed by atoms with van der Waals surface area (Å²) in [5, 5.41) is 9.12. The molecule has 0 bridgehead atoms. The van der Waals surface area contributed by atoms with E-state index >= 15 is 0 Å². The Bertz CT molecular complexity index is 1210. The van der Waals surface area contributed by atoms with Gasteiger partial charge in [-0.3, -0.25) is 14.3 Å². The van der Waals surface area contributed by atoms with E-state index in [2.05, 4.69) is 15.9 Å². The minimum atomic E-state index is -0.572. The van der Waals surface area contributed by atoms with Crippen LogP contribution in [0.4, 0.5) is 0 Å². The maximum Gasteiger partial charge on any atom is 0.330 e. The van der Waals surface area contributed by atoms with Crippen molar-refractivity contribution in [3.8, 4) is 18.1 Å². The molecule has 3 aromatic rings. The molecule has 0 aliphatic carbocycles. The smallest absolute Gasteiger partial charge is 0.330 e. The van der Waals surface area contributed by atoms with Gasteiger partial charge in [0.1, 0.15) is 11.6 Å². The minimum absolute atomic E-state index is 0.0862. The molecule has 2 N–H and O–H groups in total. The van der Waals surface area contributed by atoms with E-state index in [0.717, 1.165) is 5.56 Å². The lowest BCUT2D eigenvalue weighted by Crippen LogP contribution is -2.31. The summed E-state index contributed by atoms with van der Waals surface area (Å²) in [4.78, 5) is 31.7. The molecule has 1 atom stereocenters. The fourth-order valence-corrected chi connectivity index (χ4v) is 3.09. The number of terminal acetylenes is 1. The highest BCUT2D eigenvalue weighted by Gasteiger charge is 2.19. The van der Waals surface area contributed by atoms with Gasteiger partial charge < -0.3 is 14.4 Å². The summed E-state index contributed by atoms with van der Waals surface area (Å²) in [7, 11) is 1.59. The molecule has 8 nitrogen and oxygen atoms in total. The summed E-state index contributed by atoms with van der Waals surface area (Å²) < 4.78 is 8.20. The molecule has 3 rings (SSSR count). The van der Waals surface area contributed by atoms with Crippen LogP contribution in [-0.4, -0.2) is 37.9 Å². The van der Waals surface area contributed by atoms with Crippen molar-refractivity contribution in [3.63, 3.8) is 0 Å². The van der Waals surface area contributed by atoms with Crippen LogP contribution in [0.5, 0.6) is 5.75 Å². The number of ether oxygens (including phenoxy) is 1. The second-order valence-corrected chi connectivity index (χ2v) is 6.45. The van der Waals surface area contributed by atoms with E-state index in [-0.39, 0.29) is 24.3 Å². The summed E-state index contributed by atoms with van der Waals surface area (Å²) in [5.41, 5.74) is 0.207. The minimum Gasteiger partial charge on any atom is -0.497 e. The Labute approximate surface area is 167 Å². The van der Waals surface area contributed by atoms with Crippen molar-refractivity contribution in [2.75, 3.05) is 13.7 Å². The first-order valence-corrected chi connectivity index (χ1v) is 9.14. The van der Waals surface area contributed by atoms with Crippen molar-refractivity contribution in [2.24, 2.45) is 0 Å². The van der Waals surface area contributed by atoms with E-state index in [1.165, 1.54) is 4.57 Å². The van der Waals surface area contributed by atoms with Gasteiger partial charge in [-0.15, -0.1) is 6.42 Å². The van der Waals surface area contributed by atoms with Crippen LogP contribution >= 0.6 is 0 Å². The summed E-state index contributed by atoms with van der Waals surface area (Å²) in [6, 6.07) is 7.00. The number of nitrogens with one attached hydrogen (secondary N) is 1. The molecular formula is C21H22N4O4. The number of methoxy groups -OCH3 is 1. The number of H-pyrrole nitrogens is 1. The predicted octanol–water partition coefficient (Wildman–Crippen LogP) is 1.64. The highest BCUT2D eigenvalue weighted by molar-refractivity contribution is 5.77. The second kappa shape index (κ2) is 8.63. The summed E-state index contributed by atoms with van der Waals surface area (Å²) >= 11 is 0. The van der Waals surface area contributed by atoms with Gasteiger partial charge in [0.2, 0.25) is 0 Å². The van der Waals surface area contributed by atoms with E-state index in [4.69, 9.17) is 16.3 Å². The maximum atomic E-state index is 12.5. The van der Waals surface area contributed by atoms with Gasteiger partial charge >= 0.3 is 5.69 Å². The zero-order valence-electron chi connectivity index (χ0n) is 16.3. The molecule has 2 heterocycles. The van der Waals surface area contributed by atoms with Crippen LogP contribution in [0.3, 0.4) is 0 Å². The number of fused-ring (bicyclic) bond motifs is 1. The molecule has 29 heavy (non-hydrogen) atoms. The van der Waals surface area contributed by atoms with Gasteiger partial charge in [-0.25, -0.2) is 9.78 Å². The molecule has 0 radical (unpaired) electrons. The van der Waals surface area contributed by atoms with Gasteiger partial charge in [-0.2, -0.15) is 0 Å². The zero-order valence-corrected chi connectivity index (χ0v) is 16.3. The number of aryl methyl sites for hydroxylation is 1. The maximum absolute atomic E-state index is 12.5. The molecule has 2 aromatic heterocycles. The SMILES string of the molecule is C#CC(C)n1c(/C=C/c2cccc(OC)c2)nc2c1c(=O)[nH]c(=O)n2CCCO. The van der Waals surface area contributed by atoms with Crippen LogP contribution in [0.2, 0.25) is 0 Å². The fraction of sp³-hybridized carbons (Fsp3) is 0.286. The number of aromatic amines is 1. The van der Waals surface area contributed by atoms with Gasteiger partial charge in [0.05, 0.1) is 13.2 Å². The Morgan fingerprint density at radius 1 is 1.38 bits per heavy atom. The largest absolute Gasteiger partial charge is 0.497 e. The normalized spacial score (nSPS) is 12.3. The number of aliphatic hydroxyl groups is 1. The molecule has 0 saturated carbocycles. The zero-order chi connectivity index (χ0) is 21.0. The Hall–Kier alpha value is -3.57. The van der Waals surface area contributed by atoms with Crippen LogP contribution in [0, 0.1) is 12.3 Å². The quantitative estimate of drug-likeness (QED) is 0.593. The summed E-state index contributed by atoms with van der Waals surface area (Å²) in [6.45, 7) is 1.91. The molecule has 8 heteroatoms. The average Bonchev–Trinajstić information content (AvgIpc) is 3.11. The number of hydrogen-bond donors (Lipinski definition) is 2. The lowest BCUT2D eigenvalue weighted by Gasteiger charge is -2.10. The van der Waals surface area contributed by atoms with Crippen molar-refractivity contribution in [2.45, 2.75) is 25.9 Å². The molecule has 0 aliphatic heterocycles. The van der Waals surface area contributed by atoms with Gasteiger partial charge in [0.15, 0.2) is 11.2 Å². The molecule has 0 amide bonds. The van der Waals surface area contributed by atoms with E-state index in [9.17, 15) is 9.59 Å². The van der Waals surface area contributed by atoms with Crippen molar-refractivity contribution >= 4 is 23.3 Å². The molecule has 0 aliphatic rings. The summed E-state index contributed by atoms with van der Waals surface area (Å²) in [5.74, 6) is 3.77. The van der Waals surface area contributed by atoms with Crippen molar-refractivity contribution < 1.29 is 9.84 Å². The second-order valence-electron chi connectivity index (χ2n) is 6.45. The van der Waals surface area contributed by atoms with Crippen molar-refractivity contribution in [1.29, 1.82) is 0 Å². The number of aliphatic hydroxyl groups excluding tert-OH is 1. The van der Waals surface area contributed by atoms with Gasteiger partial charge in [-0.05, 0) is 37.1 Å². The molecular weight excluding hydrogens is 372 g/mol. The molecule has 150 valence electrons. The van der Waals surface area contributed by atoms with Gasteiger partial charge in [0, 0.05) is 13.2 Å². The van der Waals surface area contributed by atoms with Crippen LogP contribution < -0.4 is 16.0 Å². The first kappa shape index (κ1) is 20.2. The standard InChI is InChI=1S/C21H22N4O4/c1-4-14(2)25-17(10-9-15-7-5-8-16(13-15)29-3)22-19-18(25)20(27)23-21(28)24(19)11-6-12-26/h1,5,7-10,13-14,26H,6,11-12H2,2-3H3,(H,23,27,28)/b10-9+. The number of rotatable bonds is 7. The Kier molecular flexibility index (Phi) is 6.00. The highest BCUT2D eigenvalue weighted by Crippen LogP contribution is 2.20. The van der Waals surface area contributed by atoms with Crippen LogP contribution in [0.25, 0.3) is 23.3 Å². The van der Waals surface area contributed by atoms with E-state index in [1.807, 2.05) is 30.3 Å². The first-order chi connectivity index (χ1) is 14.0. The van der Waals surface area contributed by atoms with Gasteiger partial charge in [0.25, 0.3) is 5.56 Å². The number of nitrogens with zero attached hydrogens (tertiary/aromatic N) is 3. The number of benzene rings is 1. The highest BCUT2D eigenvalue weighted by atomic mass is 16.5. The number of imidazole rings is 1. The summed E-state index contributed by atoms with van der Waals surface area (Å²) in [6.07, 6.45) is 9.53. The van der Waals surface area contributed by atoms with Crippen LogP contribution in [0.1, 0.15) is 30.8 Å². The molecule has 1 unspecified atom stereocenters. The molecule has 0 saturated heterocycles. The van der Waals surface area contributed by atoms with Crippen LogP contribution in [-0.2, 0) is 6.54 Å². The monoisotopic (exact) mass is 394 g/mol. The lowest BCUT2D eigenvalue weighted by molar-refractivity contribution is 0.279. The van der Waals surface area contributed by atoms with Crippen molar-refractivity contribution in [3.05, 3.63) is 56.5 Å². The Morgan fingerprint density at radius 2 is 2.17 bits per heavy atom. The third kappa shape index (κ3) is 4.00. The number of hydrogen-bond acceptors (Lipinski definition) is 5. The molecule has 0 spiro atoms. The van der Waals surface area contributed by atoms with Gasteiger partial charge in [-0.1, -0.05) is 24.1 Å². The van der Waals surface area contributed by atoms with E-state index in [0.29, 0.717) is 18.0 Å².